The molecule has 2 unspecified atom stereocenters. The molecule has 0 aromatic heterocycles. The van der Waals surface area contributed by atoms with Crippen LogP contribution < -0.4 is 0 Å². The first-order valence-corrected chi connectivity index (χ1v) is 17.0. The Balaban J connectivity index is 2.96. The van der Waals surface area contributed by atoms with E-state index in [2.05, 4.69) is 95.4 Å². The standard InChI is InChI=1S/C15H30S6.Sb/c1-5-9-17-13-14(18-10-6-2,19-11-7-3)15(16,21-13)20-12-8-4;/h13,16H,5-12H2,1-4H3;/q;+1/p-1. The molecule has 0 bridgehead atoms. The fraction of sp³-hybridized carbons (Fsp3) is 1.00. The predicted molar refractivity (Wildman–Crippen MR) is 121 cm³/mol. The van der Waals surface area contributed by atoms with Crippen molar-refractivity contribution >= 4 is 89.3 Å². The van der Waals surface area contributed by atoms with Gasteiger partial charge in [-0.2, -0.15) is 0 Å². The molecule has 1 heterocycles. The molecule has 1 aliphatic heterocycles. The average molecular weight is 524 g/mol. The van der Waals surface area contributed by atoms with Crippen LogP contribution in [0.25, 0.3) is 0 Å². The summed E-state index contributed by atoms with van der Waals surface area (Å²) in [4.78, 5) is 0. The van der Waals surface area contributed by atoms with Gasteiger partial charge in [0.25, 0.3) is 0 Å². The fourth-order valence-electron chi connectivity index (χ4n) is 2.10. The van der Waals surface area contributed by atoms with Gasteiger partial charge in [0.1, 0.15) is 0 Å². The molecule has 2 radical (unpaired) electrons. The summed E-state index contributed by atoms with van der Waals surface area (Å²) in [6, 6.07) is 0. The van der Waals surface area contributed by atoms with Crippen LogP contribution in [0.3, 0.4) is 0 Å². The average Bonchev–Trinajstić information content (AvgIpc) is 2.54. The van der Waals surface area contributed by atoms with Crippen LogP contribution in [-0.4, -0.2) is 56.7 Å². The maximum atomic E-state index is 2.33. The second-order valence-corrected chi connectivity index (χ2v) is 15.4. The minimum absolute atomic E-state index is 0.377. The molecule has 0 aliphatic carbocycles. The third-order valence-corrected chi connectivity index (χ3v) is 19.8. The van der Waals surface area contributed by atoms with Crippen LogP contribution in [0.2, 0.25) is 0 Å². The third kappa shape index (κ3) is 5.46. The first-order valence-electron chi connectivity index (χ1n) is 8.20. The van der Waals surface area contributed by atoms with E-state index in [1.165, 1.54) is 48.7 Å². The topological polar surface area (TPSA) is 0 Å². The third-order valence-electron chi connectivity index (χ3n) is 3.13. The van der Waals surface area contributed by atoms with Crippen molar-refractivity contribution in [2.75, 3.05) is 23.0 Å². The molecule has 1 saturated heterocycles. The van der Waals surface area contributed by atoms with Gasteiger partial charge in [0.15, 0.2) is 0 Å². The summed E-state index contributed by atoms with van der Waals surface area (Å²) < 4.78 is 1.55. The molecule has 0 saturated carbocycles. The van der Waals surface area contributed by atoms with Crippen molar-refractivity contribution in [1.82, 2.24) is 0 Å². The van der Waals surface area contributed by atoms with Crippen molar-refractivity contribution in [1.29, 1.82) is 0 Å². The van der Waals surface area contributed by atoms with E-state index >= 15 is 0 Å². The summed E-state index contributed by atoms with van der Waals surface area (Å²) in [5.74, 6) is 5.22. The summed E-state index contributed by atoms with van der Waals surface area (Å²) in [5.41, 5.74) is 0. The van der Waals surface area contributed by atoms with Crippen LogP contribution in [0.4, 0.5) is 0 Å². The zero-order valence-electron chi connectivity index (χ0n) is 14.1. The summed E-state index contributed by atoms with van der Waals surface area (Å²) in [6.07, 6.45) is 5.18. The van der Waals surface area contributed by atoms with E-state index in [0.29, 0.717) is 7.49 Å². The first kappa shape index (κ1) is 23.0. The van der Waals surface area contributed by atoms with Gasteiger partial charge in [-0.05, 0) is 0 Å². The van der Waals surface area contributed by atoms with Crippen molar-refractivity contribution in [3.63, 3.8) is 0 Å². The molecule has 0 aromatic rings. The molecule has 130 valence electrons. The van der Waals surface area contributed by atoms with E-state index in [9.17, 15) is 0 Å². The Kier molecular flexibility index (Phi) is 12.9. The Morgan fingerprint density at radius 1 is 0.818 bits per heavy atom. The van der Waals surface area contributed by atoms with Gasteiger partial charge in [0.05, 0.1) is 0 Å². The molecule has 1 rings (SSSR count). The normalized spacial score (nSPS) is 26.9. The van der Waals surface area contributed by atoms with E-state index in [4.69, 9.17) is 0 Å². The van der Waals surface area contributed by atoms with Gasteiger partial charge in [0, 0.05) is 0 Å². The minimum atomic E-state index is 0.377. The maximum absolute atomic E-state index is 2.33. The summed E-state index contributed by atoms with van der Waals surface area (Å²) in [5, 5.41) is 0. The quantitative estimate of drug-likeness (QED) is 0.191. The second kappa shape index (κ2) is 12.3. The van der Waals surface area contributed by atoms with Crippen LogP contribution in [0, 0.1) is 0 Å². The van der Waals surface area contributed by atoms with Gasteiger partial charge in [-0.1, -0.05) is 0 Å². The van der Waals surface area contributed by atoms with E-state index in [0.717, 1.165) is 4.58 Å². The van der Waals surface area contributed by atoms with E-state index in [1.807, 2.05) is 21.6 Å². The van der Waals surface area contributed by atoms with E-state index in [1.54, 1.807) is 0 Å². The van der Waals surface area contributed by atoms with Crippen molar-refractivity contribution in [2.24, 2.45) is 0 Å². The molecule has 0 aromatic carbocycles. The monoisotopic (exact) mass is 522 g/mol. The Labute approximate surface area is 176 Å². The molecule has 0 amide bonds. The fourth-order valence-corrected chi connectivity index (χ4v) is 18.9. The van der Waals surface area contributed by atoms with Crippen molar-refractivity contribution in [2.45, 2.75) is 65.5 Å². The van der Waals surface area contributed by atoms with Crippen molar-refractivity contribution in [3.8, 4) is 0 Å². The van der Waals surface area contributed by atoms with Crippen LogP contribution in [-0.2, 0) is 0 Å². The Bertz CT molecular complexity index is 296. The van der Waals surface area contributed by atoms with Crippen LogP contribution in [0.15, 0.2) is 0 Å². The summed E-state index contributed by atoms with van der Waals surface area (Å²) in [7, 11) is 2.16. The van der Waals surface area contributed by atoms with Gasteiger partial charge in [-0.3, -0.25) is 0 Å². The number of hydrogen-bond donors (Lipinski definition) is 0. The summed E-state index contributed by atoms with van der Waals surface area (Å²) >= 11 is 13.2. The molecule has 0 spiro atoms. The molecule has 7 heteroatoms. The van der Waals surface area contributed by atoms with Gasteiger partial charge in [-0.15, -0.1) is 0 Å². The van der Waals surface area contributed by atoms with Gasteiger partial charge < -0.3 is 0 Å². The molecule has 2 atom stereocenters. The van der Waals surface area contributed by atoms with Crippen LogP contribution >= 0.6 is 67.7 Å². The number of hydrogen-bond acceptors (Lipinski definition) is 6. The predicted octanol–water partition coefficient (Wildman–Crippen LogP) is 6.80. The first-order chi connectivity index (χ1) is 10.7. The molecule has 1 aliphatic rings. The Morgan fingerprint density at radius 3 is 1.77 bits per heavy atom. The summed E-state index contributed by atoms with van der Waals surface area (Å²) in [6.45, 7) is 9.28. The molecule has 22 heavy (non-hydrogen) atoms. The molecular formula is C15H29S6Sb. The van der Waals surface area contributed by atoms with Crippen LogP contribution in [0.1, 0.15) is 53.4 Å². The van der Waals surface area contributed by atoms with Crippen LogP contribution in [0.5, 0.6) is 0 Å². The molecule has 0 N–H and O–H groups in total. The molecule has 1 fully saturated rings. The number of rotatable bonds is 13. The zero-order chi connectivity index (χ0) is 16.5. The molecular weight excluding hydrogens is 494 g/mol. The van der Waals surface area contributed by atoms with E-state index < -0.39 is 0 Å². The van der Waals surface area contributed by atoms with Gasteiger partial charge in [-0.25, -0.2) is 0 Å². The van der Waals surface area contributed by atoms with Crippen molar-refractivity contribution in [3.05, 3.63) is 0 Å². The zero-order valence-corrected chi connectivity index (χ0v) is 21.6. The van der Waals surface area contributed by atoms with Gasteiger partial charge in [0.2, 0.25) is 0 Å². The van der Waals surface area contributed by atoms with Gasteiger partial charge >= 0.3 is 178 Å². The number of thioether (sulfide) groups is 5. The SMILES string of the molecule is CCCSC1SC([S][Sb])(SCCC)C1(SCCC)SCCC. The Morgan fingerprint density at radius 2 is 1.32 bits per heavy atom. The van der Waals surface area contributed by atoms with Crippen molar-refractivity contribution < 1.29 is 0 Å². The Hall–Kier alpha value is 2.92. The van der Waals surface area contributed by atoms with E-state index in [-0.39, 0.29) is 0 Å². The second-order valence-electron chi connectivity index (χ2n) is 5.18. The molecule has 0 nitrogen and oxygen atoms in total.